The van der Waals surface area contributed by atoms with Crippen LogP contribution in [0.5, 0.6) is 0 Å². The van der Waals surface area contributed by atoms with Crippen molar-refractivity contribution in [2.24, 2.45) is 0 Å². The van der Waals surface area contributed by atoms with E-state index in [1.54, 1.807) is 0 Å². The number of carbonyl (C=O) groups is 2. The first-order valence-corrected chi connectivity index (χ1v) is 7.19. The van der Waals surface area contributed by atoms with Crippen LogP contribution in [0.1, 0.15) is 6.92 Å². The molecule has 0 unspecified atom stereocenters. The average molecular weight is 302 g/mol. The second-order valence-electron chi connectivity index (χ2n) is 4.67. The van der Waals surface area contributed by atoms with Crippen LogP contribution in [0.15, 0.2) is 11.6 Å². The molecular weight excluding hydrogens is 276 g/mol. The van der Waals surface area contributed by atoms with Gasteiger partial charge in [0.2, 0.25) is 0 Å². The summed E-state index contributed by atoms with van der Waals surface area (Å²) in [6.07, 6.45) is 0.468. The van der Waals surface area contributed by atoms with Crippen molar-refractivity contribution in [3.8, 4) is 0 Å². The van der Waals surface area contributed by atoms with Crippen LogP contribution in [0, 0.1) is 0 Å². The molecule has 2 heterocycles. The number of carboxylic acids is 2. The highest BCUT2D eigenvalue weighted by molar-refractivity contribution is 5.92. The predicted molar refractivity (Wildman–Crippen MR) is 72.8 cm³/mol. The minimum absolute atomic E-state index is 0.352. The minimum Gasteiger partial charge on any atom is -0.545 e. The molecule has 0 radical (unpaired) electrons. The smallest absolute Gasteiger partial charge is 0.0882 e. The number of hydrogen-bond donors (Lipinski definition) is 4. The molecule has 2 aliphatic rings. The molecule has 8 heteroatoms. The Kier molecular flexibility index (Phi) is 12.5. The van der Waals surface area contributed by atoms with Crippen molar-refractivity contribution in [2.75, 3.05) is 52.4 Å². The lowest BCUT2D eigenvalue weighted by Gasteiger charge is -2.07. The molecule has 2 rings (SSSR count). The maximum Gasteiger partial charge on any atom is 0.0882 e. The van der Waals surface area contributed by atoms with E-state index >= 15 is 0 Å². The second kappa shape index (κ2) is 13.5. The lowest BCUT2D eigenvalue weighted by molar-refractivity contribution is -0.657. The summed E-state index contributed by atoms with van der Waals surface area (Å²) in [6, 6.07) is 0. The van der Waals surface area contributed by atoms with Gasteiger partial charge in [0.05, 0.1) is 38.1 Å². The Morgan fingerprint density at radius 1 is 0.905 bits per heavy atom. The molecule has 0 spiro atoms. The third-order valence-electron chi connectivity index (χ3n) is 2.76. The van der Waals surface area contributed by atoms with Gasteiger partial charge < -0.3 is 41.1 Å². The van der Waals surface area contributed by atoms with Gasteiger partial charge in [-0.2, -0.15) is 0 Å². The highest BCUT2D eigenvalue weighted by atomic mass is 16.4. The summed E-state index contributed by atoms with van der Waals surface area (Å²) in [7, 11) is 0. The van der Waals surface area contributed by atoms with E-state index in [4.69, 9.17) is 0 Å². The first kappa shape index (κ1) is 19.5. The fourth-order valence-corrected chi connectivity index (χ4v) is 1.59. The summed E-state index contributed by atoms with van der Waals surface area (Å²) in [5.74, 6) is -3.03. The van der Waals surface area contributed by atoms with Crippen LogP contribution in [0.2, 0.25) is 0 Å². The SMILES string of the molecule is C/C(=C/C(=O)[O-])C(=O)[O-].C1C[NH2+]CCN1.C1C[NH2+]CCN1. The Labute approximate surface area is 125 Å². The van der Waals surface area contributed by atoms with Crippen LogP contribution >= 0.6 is 0 Å². The molecule has 0 aromatic rings. The second-order valence-corrected chi connectivity index (χ2v) is 4.67. The molecule has 8 nitrogen and oxygen atoms in total. The Morgan fingerprint density at radius 2 is 1.29 bits per heavy atom. The van der Waals surface area contributed by atoms with Crippen LogP contribution in [-0.4, -0.2) is 64.3 Å². The van der Waals surface area contributed by atoms with Gasteiger partial charge in [-0.15, -0.1) is 0 Å². The van der Waals surface area contributed by atoms with E-state index < -0.39 is 11.9 Å². The first-order valence-electron chi connectivity index (χ1n) is 7.19. The zero-order valence-corrected chi connectivity index (χ0v) is 12.5. The largest absolute Gasteiger partial charge is 0.545 e. The molecule has 0 saturated carbocycles. The summed E-state index contributed by atoms with van der Waals surface area (Å²) in [5, 5.41) is 30.6. The van der Waals surface area contributed by atoms with Crippen LogP contribution in [0.25, 0.3) is 0 Å². The zero-order chi connectivity index (χ0) is 15.9. The first-order chi connectivity index (χ1) is 10.0. The monoisotopic (exact) mass is 302 g/mol. The van der Waals surface area contributed by atoms with Gasteiger partial charge in [-0.25, -0.2) is 0 Å². The molecule has 0 aromatic carbocycles. The number of piperazine rings is 2. The van der Waals surface area contributed by atoms with Gasteiger partial charge in [0.15, 0.2) is 0 Å². The van der Waals surface area contributed by atoms with Crippen molar-refractivity contribution in [1.29, 1.82) is 0 Å². The quantitative estimate of drug-likeness (QED) is 0.374. The van der Waals surface area contributed by atoms with E-state index in [2.05, 4.69) is 21.3 Å². The zero-order valence-electron chi connectivity index (χ0n) is 12.5. The van der Waals surface area contributed by atoms with Crippen molar-refractivity contribution in [1.82, 2.24) is 10.6 Å². The van der Waals surface area contributed by atoms with Crippen molar-refractivity contribution in [3.05, 3.63) is 11.6 Å². The lowest BCUT2D eigenvalue weighted by Crippen LogP contribution is -2.89. The molecule has 0 aliphatic carbocycles. The topological polar surface area (TPSA) is 138 Å². The van der Waals surface area contributed by atoms with E-state index in [-0.39, 0.29) is 5.57 Å². The van der Waals surface area contributed by atoms with Gasteiger partial charge in [0, 0.05) is 26.2 Å². The number of nitrogens with one attached hydrogen (secondary N) is 2. The minimum atomic E-state index is -1.53. The molecule has 2 aliphatic heterocycles. The number of hydrogen-bond acceptors (Lipinski definition) is 6. The Balaban J connectivity index is 0.000000293. The molecule has 6 N–H and O–H groups in total. The van der Waals surface area contributed by atoms with Gasteiger partial charge in [0.1, 0.15) is 0 Å². The van der Waals surface area contributed by atoms with Gasteiger partial charge in [-0.1, -0.05) is 0 Å². The number of carboxylic acid groups (broad SMARTS) is 2. The maximum absolute atomic E-state index is 9.76. The van der Waals surface area contributed by atoms with Crippen molar-refractivity contribution < 1.29 is 30.4 Å². The molecule has 0 amide bonds. The normalized spacial score (nSPS) is 18.4. The van der Waals surface area contributed by atoms with E-state index in [0.717, 1.165) is 6.92 Å². The van der Waals surface area contributed by atoms with Crippen molar-refractivity contribution in [3.63, 3.8) is 0 Å². The van der Waals surface area contributed by atoms with Crippen LogP contribution in [-0.2, 0) is 9.59 Å². The van der Waals surface area contributed by atoms with E-state index in [9.17, 15) is 19.8 Å². The number of quaternary nitrogens is 2. The molecule has 0 aromatic heterocycles. The fourth-order valence-electron chi connectivity index (χ4n) is 1.59. The summed E-state index contributed by atoms with van der Waals surface area (Å²) < 4.78 is 0. The fraction of sp³-hybridized carbons (Fsp3) is 0.692. The van der Waals surface area contributed by atoms with E-state index in [1.807, 2.05) is 0 Å². The van der Waals surface area contributed by atoms with Gasteiger partial charge >= 0.3 is 0 Å². The summed E-state index contributed by atoms with van der Waals surface area (Å²) in [5.41, 5.74) is -0.352. The summed E-state index contributed by atoms with van der Waals surface area (Å²) in [6.45, 7) is 10.9. The number of aliphatic carboxylic acids is 2. The Morgan fingerprint density at radius 3 is 1.38 bits per heavy atom. The van der Waals surface area contributed by atoms with Crippen LogP contribution < -0.4 is 31.5 Å². The highest BCUT2D eigenvalue weighted by Gasteiger charge is 1.96. The molecule has 2 saturated heterocycles. The van der Waals surface area contributed by atoms with E-state index in [1.165, 1.54) is 52.4 Å². The summed E-state index contributed by atoms with van der Waals surface area (Å²) >= 11 is 0. The van der Waals surface area contributed by atoms with Crippen LogP contribution in [0.4, 0.5) is 0 Å². The summed E-state index contributed by atoms with van der Waals surface area (Å²) in [4.78, 5) is 19.4. The highest BCUT2D eigenvalue weighted by Crippen LogP contribution is 1.86. The Bertz CT molecular complexity index is 291. The molecule has 122 valence electrons. The maximum atomic E-state index is 9.76. The standard InChI is InChI=1S/C5H6O4.2C4H10N2/c1-3(5(8)9)2-4(6)7;2*1-2-6-4-3-5-1/h2H,1H3,(H,6,7)(H,8,9);2*5-6H,1-4H2/b3-2-;;. The van der Waals surface area contributed by atoms with Gasteiger partial charge in [-0.05, 0) is 18.6 Å². The predicted octanol–water partition coefficient (Wildman–Crippen LogP) is -6.26. The molecule has 0 atom stereocenters. The molecule has 21 heavy (non-hydrogen) atoms. The van der Waals surface area contributed by atoms with Crippen molar-refractivity contribution in [2.45, 2.75) is 6.92 Å². The van der Waals surface area contributed by atoms with Crippen molar-refractivity contribution >= 4 is 11.9 Å². The molecule has 0 bridgehead atoms. The molecule has 2 fully saturated rings. The average Bonchev–Trinajstić information content (AvgIpc) is 2.51. The van der Waals surface area contributed by atoms with Gasteiger partial charge in [0.25, 0.3) is 0 Å². The third kappa shape index (κ3) is 14.7. The number of nitrogens with two attached hydrogens (primary N) is 2. The lowest BCUT2D eigenvalue weighted by atomic mass is 10.3. The Hall–Kier alpha value is -1.48. The molecular formula is C13H26N4O4. The van der Waals surface area contributed by atoms with Crippen LogP contribution in [0.3, 0.4) is 0 Å². The van der Waals surface area contributed by atoms with Gasteiger partial charge in [-0.3, -0.25) is 0 Å². The number of rotatable bonds is 2. The third-order valence-corrected chi connectivity index (χ3v) is 2.76. The number of carbonyl (C=O) groups excluding carboxylic acids is 2. The van der Waals surface area contributed by atoms with E-state index in [0.29, 0.717) is 6.08 Å².